The third kappa shape index (κ3) is 4.70. The molecule has 1 N–H and O–H groups in total. The molecule has 0 bridgehead atoms. The van der Waals surface area contributed by atoms with Crippen molar-refractivity contribution in [2.75, 3.05) is 31.2 Å². The number of piperazine rings is 1. The van der Waals surface area contributed by atoms with Crippen molar-refractivity contribution in [2.45, 2.75) is 43.4 Å². The number of nitrogens with zero attached hydrogens (tertiary/aromatic N) is 2. The summed E-state index contributed by atoms with van der Waals surface area (Å²) in [6.45, 7) is 7.99. The van der Waals surface area contributed by atoms with Crippen LogP contribution in [-0.4, -0.2) is 45.8 Å². The summed E-state index contributed by atoms with van der Waals surface area (Å²) in [6.07, 6.45) is 0. The highest BCUT2D eigenvalue weighted by atomic mass is 32.2. The second-order valence-corrected chi connectivity index (χ2v) is 9.59. The van der Waals surface area contributed by atoms with E-state index >= 15 is 0 Å². The number of anilines is 1. The molecule has 2 aromatic rings. The zero-order valence-corrected chi connectivity index (χ0v) is 17.5. The predicted octanol–water partition coefficient (Wildman–Crippen LogP) is 3.24. The Labute approximate surface area is 166 Å². The van der Waals surface area contributed by atoms with Gasteiger partial charge in [-0.25, -0.2) is 13.4 Å². The van der Waals surface area contributed by atoms with Crippen LogP contribution in [0.5, 0.6) is 0 Å². The van der Waals surface area contributed by atoms with Crippen molar-refractivity contribution in [1.29, 1.82) is 0 Å². The quantitative estimate of drug-likeness (QED) is 0.799. The number of alkyl halides is 1. The highest BCUT2D eigenvalue weighted by Crippen LogP contribution is 2.23. The number of sulfone groups is 1. The number of aryl methyl sites for hydroxylation is 1. The molecule has 152 valence electrons. The third-order valence-electron chi connectivity index (χ3n) is 5.26. The Kier molecular flexibility index (Phi) is 6.35. The average Bonchev–Trinajstić information content (AvgIpc) is 2.69. The van der Waals surface area contributed by atoms with Crippen LogP contribution in [0.15, 0.2) is 41.3 Å². The van der Waals surface area contributed by atoms with Crippen LogP contribution in [0.4, 0.5) is 10.2 Å². The van der Waals surface area contributed by atoms with Crippen LogP contribution in [0.3, 0.4) is 0 Å². The second-order valence-electron chi connectivity index (χ2n) is 7.60. The monoisotopic (exact) mass is 405 g/mol. The van der Waals surface area contributed by atoms with Gasteiger partial charge in [-0.15, -0.1) is 0 Å². The van der Waals surface area contributed by atoms with E-state index in [1.54, 1.807) is 31.2 Å². The molecular formula is C21H28FN3O2S. The Balaban J connectivity index is 1.76. The van der Waals surface area contributed by atoms with Gasteiger partial charge in [0, 0.05) is 37.3 Å². The van der Waals surface area contributed by atoms with Gasteiger partial charge in [0.1, 0.15) is 5.82 Å². The summed E-state index contributed by atoms with van der Waals surface area (Å²) in [4.78, 5) is 7.12. The Morgan fingerprint density at radius 2 is 1.96 bits per heavy atom. The number of halogens is 1. The van der Waals surface area contributed by atoms with Crippen molar-refractivity contribution in [3.63, 3.8) is 0 Å². The Morgan fingerprint density at radius 1 is 1.25 bits per heavy atom. The van der Waals surface area contributed by atoms with Gasteiger partial charge in [-0.05, 0) is 43.2 Å². The molecule has 0 spiro atoms. The van der Waals surface area contributed by atoms with Gasteiger partial charge < -0.3 is 10.2 Å². The van der Waals surface area contributed by atoms with Gasteiger partial charge in [-0.3, -0.25) is 4.39 Å². The first kappa shape index (κ1) is 20.7. The summed E-state index contributed by atoms with van der Waals surface area (Å²) in [5, 5.41) is 3.40. The zero-order chi connectivity index (χ0) is 20.3. The van der Waals surface area contributed by atoms with E-state index in [4.69, 9.17) is 0 Å². The number of pyridine rings is 1. The number of aromatic nitrogens is 1. The first-order valence-electron chi connectivity index (χ1n) is 9.63. The normalized spacial score (nSPS) is 18.9. The molecule has 0 unspecified atom stereocenters. The number of hydrogen-bond donors (Lipinski definition) is 1. The van der Waals surface area contributed by atoms with Crippen molar-refractivity contribution in [3.8, 4) is 0 Å². The van der Waals surface area contributed by atoms with Gasteiger partial charge >= 0.3 is 0 Å². The van der Waals surface area contributed by atoms with Gasteiger partial charge in [0.25, 0.3) is 0 Å². The predicted molar refractivity (Wildman–Crippen MR) is 110 cm³/mol. The molecule has 2 heterocycles. The molecule has 1 aliphatic heterocycles. The van der Waals surface area contributed by atoms with Crippen LogP contribution >= 0.6 is 0 Å². The van der Waals surface area contributed by atoms with Gasteiger partial charge in [0.15, 0.2) is 9.84 Å². The minimum atomic E-state index is -3.49. The second kappa shape index (κ2) is 8.57. The fourth-order valence-corrected chi connectivity index (χ4v) is 4.86. The minimum Gasteiger partial charge on any atom is -0.354 e. The van der Waals surface area contributed by atoms with E-state index in [0.717, 1.165) is 36.7 Å². The summed E-state index contributed by atoms with van der Waals surface area (Å²) in [5.41, 5.74) is 2.23. The SMILES string of the molecule is Cc1nc(N2CCN[C@@H](C)C2)ccc1CS(=O)(=O)c1ccc([C@H](C)CF)cc1. The van der Waals surface area contributed by atoms with Crippen molar-refractivity contribution in [3.05, 3.63) is 53.2 Å². The van der Waals surface area contributed by atoms with Crippen LogP contribution in [0.25, 0.3) is 0 Å². The maximum Gasteiger partial charge on any atom is 0.182 e. The van der Waals surface area contributed by atoms with Crippen LogP contribution in [-0.2, 0) is 15.6 Å². The first-order chi connectivity index (χ1) is 13.3. The van der Waals surface area contributed by atoms with Gasteiger partial charge in [0.05, 0.1) is 17.3 Å². The lowest BCUT2D eigenvalue weighted by molar-refractivity contribution is 0.447. The van der Waals surface area contributed by atoms with Crippen molar-refractivity contribution >= 4 is 15.7 Å². The van der Waals surface area contributed by atoms with Crippen LogP contribution in [0, 0.1) is 6.92 Å². The smallest absolute Gasteiger partial charge is 0.182 e. The molecule has 1 aromatic carbocycles. The lowest BCUT2D eigenvalue weighted by Gasteiger charge is -2.33. The fourth-order valence-electron chi connectivity index (χ4n) is 3.43. The van der Waals surface area contributed by atoms with Gasteiger partial charge in [-0.1, -0.05) is 25.1 Å². The van der Waals surface area contributed by atoms with Gasteiger partial charge in [-0.2, -0.15) is 0 Å². The highest BCUT2D eigenvalue weighted by Gasteiger charge is 2.20. The molecule has 1 saturated heterocycles. The van der Waals surface area contributed by atoms with E-state index in [0.29, 0.717) is 11.6 Å². The number of rotatable bonds is 6. The van der Waals surface area contributed by atoms with Crippen molar-refractivity contribution < 1.29 is 12.8 Å². The molecule has 0 radical (unpaired) electrons. The molecule has 7 heteroatoms. The molecular weight excluding hydrogens is 377 g/mol. The highest BCUT2D eigenvalue weighted by molar-refractivity contribution is 7.90. The maximum atomic E-state index is 12.8. The Hall–Kier alpha value is -1.99. The maximum absolute atomic E-state index is 12.8. The number of benzene rings is 1. The molecule has 2 atom stereocenters. The van der Waals surface area contributed by atoms with Gasteiger partial charge in [0.2, 0.25) is 0 Å². The van der Waals surface area contributed by atoms with E-state index in [1.165, 1.54) is 0 Å². The standard InChI is InChI=1S/C21H28FN3O2S/c1-15(12-22)18-4-7-20(8-5-18)28(26,27)14-19-6-9-21(24-17(19)3)25-11-10-23-16(2)13-25/h4-9,15-16,23H,10-14H2,1-3H3/t15-,16+/m1/s1. The lowest BCUT2D eigenvalue weighted by atomic mass is 10.0. The molecule has 0 amide bonds. The Morgan fingerprint density at radius 3 is 2.57 bits per heavy atom. The molecule has 1 fully saturated rings. The zero-order valence-electron chi connectivity index (χ0n) is 16.7. The van der Waals surface area contributed by atoms with E-state index in [9.17, 15) is 12.8 Å². The summed E-state index contributed by atoms with van der Waals surface area (Å²) in [6, 6.07) is 10.7. The van der Waals surface area contributed by atoms with Crippen LogP contribution in [0.1, 0.15) is 36.6 Å². The number of nitrogens with one attached hydrogen (secondary N) is 1. The molecule has 0 aliphatic carbocycles. The van der Waals surface area contributed by atoms with Crippen molar-refractivity contribution in [1.82, 2.24) is 10.3 Å². The fraction of sp³-hybridized carbons (Fsp3) is 0.476. The van der Waals surface area contributed by atoms with Crippen LogP contribution < -0.4 is 10.2 Å². The Bertz CT molecular complexity index is 916. The summed E-state index contributed by atoms with van der Waals surface area (Å²) in [5.74, 6) is 0.558. The summed E-state index contributed by atoms with van der Waals surface area (Å²) in [7, 11) is -3.49. The third-order valence-corrected chi connectivity index (χ3v) is 6.94. The van der Waals surface area contributed by atoms with E-state index in [2.05, 4.69) is 22.1 Å². The lowest BCUT2D eigenvalue weighted by Crippen LogP contribution is -2.49. The largest absolute Gasteiger partial charge is 0.354 e. The molecule has 1 aliphatic rings. The molecule has 28 heavy (non-hydrogen) atoms. The summed E-state index contributed by atoms with van der Waals surface area (Å²) >= 11 is 0. The van der Waals surface area contributed by atoms with E-state index in [-0.39, 0.29) is 16.6 Å². The molecule has 5 nitrogen and oxygen atoms in total. The van der Waals surface area contributed by atoms with E-state index < -0.39 is 16.5 Å². The average molecular weight is 406 g/mol. The minimum absolute atomic E-state index is 0.0952. The molecule has 1 aromatic heterocycles. The van der Waals surface area contributed by atoms with E-state index in [1.807, 2.05) is 19.1 Å². The summed E-state index contributed by atoms with van der Waals surface area (Å²) < 4.78 is 38.4. The first-order valence-corrected chi connectivity index (χ1v) is 11.3. The van der Waals surface area contributed by atoms with Crippen molar-refractivity contribution in [2.24, 2.45) is 0 Å². The molecule has 3 rings (SSSR count). The molecule has 0 saturated carbocycles. The van der Waals surface area contributed by atoms with Crippen LogP contribution in [0.2, 0.25) is 0 Å². The number of hydrogen-bond acceptors (Lipinski definition) is 5. The topological polar surface area (TPSA) is 62.3 Å².